The second-order valence-electron chi connectivity index (χ2n) is 5.81. The zero-order chi connectivity index (χ0) is 18.0. The number of nitrogens with zero attached hydrogens (tertiary/aromatic N) is 5. The largest absolute Gasteiger partial charge is 0.367 e. The number of rotatable bonds is 3. The Morgan fingerprint density at radius 2 is 1.96 bits per heavy atom. The average molecular weight is 358 g/mol. The predicted molar refractivity (Wildman–Crippen MR) is 96.2 cm³/mol. The van der Waals surface area contributed by atoms with Gasteiger partial charge in [0.2, 0.25) is 0 Å². The summed E-state index contributed by atoms with van der Waals surface area (Å²) in [6, 6.07) is 8.61. The van der Waals surface area contributed by atoms with E-state index in [1.165, 1.54) is 6.07 Å². The number of pyridine rings is 1. The molecule has 25 heavy (non-hydrogen) atoms. The van der Waals surface area contributed by atoms with Gasteiger partial charge in [-0.3, -0.25) is 10.1 Å². The standard InChI is InChI=1S/C17H16ClN5O2/c1-12-9-14(23(24)25)10-15(18)16(12)21-5-7-22(8-6-21)17-13(11-19)3-2-4-20-17/h2-4,9-10H,5-8H2,1H3. The van der Waals surface area contributed by atoms with Gasteiger partial charge in [-0.25, -0.2) is 4.98 Å². The summed E-state index contributed by atoms with van der Waals surface area (Å²) in [5.74, 6) is 0.691. The van der Waals surface area contributed by atoms with Gasteiger partial charge < -0.3 is 9.80 Å². The molecule has 128 valence electrons. The normalized spacial score (nSPS) is 14.3. The minimum atomic E-state index is -0.439. The number of aryl methyl sites for hydroxylation is 1. The first-order valence-electron chi connectivity index (χ1n) is 7.81. The third-order valence-corrected chi connectivity index (χ3v) is 4.54. The molecule has 0 radical (unpaired) electrons. The van der Waals surface area contributed by atoms with Gasteiger partial charge in [-0.15, -0.1) is 0 Å². The number of halogens is 1. The summed E-state index contributed by atoms with van der Waals surface area (Å²) >= 11 is 6.30. The van der Waals surface area contributed by atoms with Crippen molar-refractivity contribution in [2.45, 2.75) is 6.92 Å². The highest BCUT2D eigenvalue weighted by Gasteiger charge is 2.24. The van der Waals surface area contributed by atoms with E-state index in [1.54, 1.807) is 24.4 Å². The van der Waals surface area contributed by atoms with E-state index in [2.05, 4.69) is 20.9 Å². The van der Waals surface area contributed by atoms with E-state index in [-0.39, 0.29) is 5.69 Å². The topological polar surface area (TPSA) is 86.3 Å². The lowest BCUT2D eigenvalue weighted by atomic mass is 10.1. The summed E-state index contributed by atoms with van der Waals surface area (Å²) in [6.07, 6.45) is 1.68. The second-order valence-corrected chi connectivity index (χ2v) is 6.22. The SMILES string of the molecule is Cc1cc([N+](=O)[O-])cc(Cl)c1N1CCN(c2ncccc2C#N)CC1. The van der Waals surface area contributed by atoms with Gasteiger partial charge in [0.1, 0.15) is 11.9 Å². The van der Waals surface area contributed by atoms with E-state index in [9.17, 15) is 15.4 Å². The van der Waals surface area contributed by atoms with Crippen LogP contribution in [0.25, 0.3) is 0 Å². The second kappa shape index (κ2) is 6.95. The molecular formula is C17H16ClN5O2. The van der Waals surface area contributed by atoms with Crippen LogP contribution in [0.15, 0.2) is 30.5 Å². The number of nitro benzene ring substituents is 1. The lowest BCUT2D eigenvalue weighted by Gasteiger charge is -2.37. The molecule has 0 amide bonds. The first-order valence-corrected chi connectivity index (χ1v) is 8.18. The number of benzene rings is 1. The van der Waals surface area contributed by atoms with Gasteiger partial charge in [0.05, 0.1) is 21.2 Å². The lowest BCUT2D eigenvalue weighted by molar-refractivity contribution is -0.384. The van der Waals surface area contributed by atoms with Crippen molar-refractivity contribution in [3.8, 4) is 6.07 Å². The molecule has 0 N–H and O–H groups in total. The number of non-ortho nitro benzene ring substituents is 1. The van der Waals surface area contributed by atoms with Crippen LogP contribution in [0.1, 0.15) is 11.1 Å². The summed E-state index contributed by atoms with van der Waals surface area (Å²) in [5.41, 5.74) is 2.16. The van der Waals surface area contributed by atoms with Crippen LogP contribution < -0.4 is 9.80 Å². The van der Waals surface area contributed by atoms with Crippen molar-refractivity contribution in [2.75, 3.05) is 36.0 Å². The predicted octanol–water partition coefficient (Wildman–Crippen LogP) is 3.15. The number of nitriles is 1. The zero-order valence-electron chi connectivity index (χ0n) is 13.6. The minimum absolute atomic E-state index is 0.00275. The molecule has 1 aliphatic heterocycles. The highest BCUT2D eigenvalue weighted by Crippen LogP contribution is 2.34. The molecule has 0 bridgehead atoms. The summed E-state index contributed by atoms with van der Waals surface area (Å²) < 4.78 is 0. The Balaban J connectivity index is 1.79. The van der Waals surface area contributed by atoms with Gasteiger partial charge in [0.25, 0.3) is 5.69 Å². The quantitative estimate of drug-likeness (QED) is 0.619. The van der Waals surface area contributed by atoms with Crippen molar-refractivity contribution in [3.05, 3.63) is 56.7 Å². The zero-order valence-corrected chi connectivity index (χ0v) is 14.4. The van der Waals surface area contributed by atoms with E-state index in [1.807, 2.05) is 6.92 Å². The van der Waals surface area contributed by atoms with Crippen LogP contribution in [-0.2, 0) is 0 Å². The van der Waals surface area contributed by atoms with Crippen molar-refractivity contribution in [1.82, 2.24) is 4.98 Å². The number of aromatic nitrogens is 1. The Bertz CT molecular complexity index is 833. The van der Waals surface area contributed by atoms with Crippen LogP contribution in [-0.4, -0.2) is 36.1 Å². The maximum Gasteiger partial charge on any atom is 0.271 e. The molecule has 0 saturated carbocycles. The monoisotopic (exact) mass is 357 g/mol. The Morgan fingerprint density at radius 3 is 2.56 bits per heavy atom. The molecule has 7 nitrogen and oxygen atoms in total. The molecule has 2 aromatic rings. The first-order chi connectivity index (χ1) is 12.0. The van der Waals surface area contributed by atoms with Crippen LogP contribution in [0.4, 0.5) is 17.2 Å². The van der Waals surface area contributed by atoms with Gasteiger partial charge in [-0.2, -0.15) is 5.26 Å². The molecule has 8 heteroatoms. The van der Waals surface area contributed by atoms with Crippen LogP contribution in [0.3, 0.4) is 0 Å². The molecular weight excluding hydrogens is 342 g/mol. The van der Waals surface area contributed by atoms with Gasteiger partial charge in [-0.1, -0.05) is 11.6 Å². The van der Waals surface area contributed by atoms with Crippen LogP contribution in [0.5, 0.6) is 0 Å². The van der Waals surface area contributed by atoms with Crippen molar-refractivity contribution in [1.29, 1.82) is 5.26 Å². The smallest absolute Gasteiger partial charge is 0.271 e. The molecule has 1 aromatic heterocycles. The maximum absolute atomic E-state index is 10.9. The third kappa shape index (κ3) is 3.35. The number of hydrogen-bond acceptors (Lipinski definition) is 6. The third-order valence-electron chi connectivity index (χ3n) is 4.25. The Labute approximate surface area is 150 Å². The van der Waals surface area contributed by atoms with Crippen molar-refractivity contribution in [3.63, 3.8) is 0 Å². The average Bonchev–Trinajstić information content (AvgIpc) is 2.61. The van der Waals surface area contributed by atoms with Crippen molar-refractivity contribution >= 4 is 28.8 Å². The lowest BCUT2D eigenvalue weighted by Crippen LogP contribution is -2.47. The molecule has 1 fully saturated rings. The fraction of sp³-hybridized carbons (Fsp3) is 0.294. The van der Waals surface area contributed by atoms with Crippen LogP contribution in [0, 0.1) is 28.4 Å². The van der Waals surface area contributed by atoms with E-state index in [0.29, 0.717) is 42.6 Å². The van der Waals surface area contributed by atoms with E-state index >= 15 is 0 Å². The Kier molecular flexibility index (Phi) is 4.72. The molecule has 0 aliphatic carbocycles. The Morgan fingerprint density at radius 1 is 1.28 bits per heavy atom. The summed E-state index contributed by atoms with van der Waals surface area (Å²) in [4.78, 5) is 19.0. The molecule has 1 aliphatic rings. The highest BCUT2D eigenvalue weighted by molar-refractivity contribution is 6.33. The number of nitro groups is 1. The maximum atomic E-state index is 10.9. The first kappa shape index (κ1) is 17.0. The van der Waals surface area contributed by atoms with E-state index < -0.39 is 4.92 Å². The summed E-state index contributed by atoms with van der Waals surface area (Å²) in [6.45, 7) is 4.60. The van der Waals surface area contributed by atoms with Gasteiger partial charge in [0.15, 0.2) is 0 Å². The molecule has 0 unspecified atom stereocenters. The van der Waals surface area contributed by atoms with Gasteiger partial charge in [0, 0.05) is 44.5 Å². The molecule has 1 saturated heterocycles. The highest BCUT2D eigenvalue weighted by atomic mass is 35.5. The molecule has 0 atom stereocenters. The van der Waals surface area contributed by atoms with E-state index in [0.717, 1.165) is 11.3 Å². The van der Waals surface area contributed by atoms with Crippen LogP contribution >= 0.6 is 11.6 Å². The molecule has 0 spiro atoms. The summed E-state index contributed by atoms with van der Waals surface area (Å²) in [5, 5.41) is 20.6. The Hall–Kier alpha value is -2.85. The van der Waals surface area contributed by atoms with Gasteiger partial charge >= 0.3 is 0 Å². The molecule has 1 aromatic carbocycles. The molecule has 2 heterocycles. The van der Waals surface area contributed by atoms with Gasteiger partial charge in [-0.05, 0) is 24.6 Å². The molecule has 3 rings (SSSR count). The van der Waals surface area contributed by atoms with Crippen molar-refractivity contribution in [2.24, 2.45) is 0 Å². The number of piperazine rings is 1. The fourth-order valence-electron chi connectivity index (χ4n) is 3.10. The number of hydrogen-bond donors (Lipinski definition) is 0. The van der Waals surface area contributed by atoms with E-state index in [4.69, 9.17) is 11.6 Å². The summed E-state index contributed by atoms with van der Waals surface area (Å²) in [7, 11) is 0. The van der Waals surface area contributed by atoms with Crippen LogP contribution in [0.2, 0.25) is 5.02 Å². The number of anilines is 2. The van der Waals surface area contributed by atoms with Crippen molar-refractivity contribution < 1.29 is 4.92 Å². The fourth-order valence-corrected chi connectivity index (χ4v) is 3.48. The minimum Gasteiger partial charge on any atom is -0.367 e.